The van der Waals surface area contributed by atoms with Crippen LogP contribution in [0.5, 0.6) is 0 Å². The zero-order valence-electron chi connectivity index (χ0n) is 11.7. The summed E-state index contributed by atoms with van der Waals surface area (Å²) in [4.78, 5) is 5.28. The molecule has 5 rings (SSSR count). The Bertz CT molecular complexity index is 468. The number of nitrogens with two attached hydrogens (primary N) is 1. The molecule has 0 aliphatic carbocycles. The topological polar surface area (TPSA) is 32.5 Å². The number of hydrogen-bond donors (Lipinski definition) is 1. The predicted octanol–water partition coefficient (Wildman–Crippen LogP) is 0.903. The van der Waals surface area contributed by atoms with Gasteiger partial charge in [-0.05, 0) is 5.56 Å². The van der Waals surface area contributed by atoms with Crippen molar-refractivity contribution in [3.05, 3.63) is 35.9 Å². The van der Waals surface area contributed by atoms with Crippen LogP contribution in [0.2, 0.25) is 0 Å². The fraction of sp³-hybridized carbons (Fsp3) is 0.625. The third-order valence-corrected chi connectivity index (χ3v) is 5.61. The summed E-state index contributed by atoms with van der Waals surface area (Å²) in [5.41, 5.74) is 8.59. The molecule has 2 N–H and O–H groups in total. The third-order valence-electron chi connectivity index (χ3n) is 5.61. The minimum absolute atomic E-state index is 0.128. The minimum atomic E-state index is 0.128. The van der Waals surface area contributed by atoms with Gasteiger partial charge in [0, 0.05) is 56.1 Å². The normalized spacial score (nSPS) is 48.2. The van der Waals surface area contributed by atoms with E-state index in [2.05, 4.69) is 47.1 Å². The Morgan fingerprint density at radius 3 is 2.16 bits per heavy atom. The predicted molar refractivity (Wildman–Crippen MR) is 77.1 cm³/mol. The smallest absolute Gasteiger partial charge is 0.0364 e. The molecule has 4 fully saturated rings. The molecule has 0 aromatic heterocycles. The van der Waals surface area contributed by atoms with E-state index in [1.54, 1.807) is 0 Å². The zero-order chi connectivity index (χ0) is 13.1. The first-order chi connectivity index (χ1) is 9.12. The number of piperidine rings is 2. The lowest BCUT2D eigenvalue weighted by atomic mass is 9.58. The summed E-state index contributed by atoms with van der Waals surface area (Å²) in [7, 11) is 0. The van der Waals surface area contributed by atoms with Crippen LogP contribution in [0.4, 0.5) is 0 Å². The Balaban J connectivity index is 1.87. The molecular formula is C16H23N3. The van der Waals surface area contributed by atoms with Gasteiger partial charge in [0.05, 0.1) is 0 Å². The van der Waals surface area contributed by atoms with Crippen molar-refractivity contribution in [2.45, 2.75) is 18.4 Å². The Morgan fingerprint density at radius 2 is 1.58 bits per heavy atom. The second-order valence-corrected chi connectivity index (χ2v) is 7.08. The highest BCUT2D eigenvalue weighted by atomic mass is 15.3. The molecule has 3 nitrogen and oxygen atoms in total. The summed E-state index contributed by atoms with van der Waals surface area (Å²) >= 11 is 0. The maximum absolute atomic E-state index is 6.78. The molecule has 3 heteroatoms. The monoisotopic (exact) mass is 257 g/mol. The van der Waals surface area contributed by atoms with E-state index in [4.69, 9.17) is 5.73 Å². The van der Waals surface area contributed by atoms with Crippen LogP contribution in [0.1, 0.15) is 12.5 Å². The van der Waals surface area contributed by atoms with Gasteiger partial charge in [-0.1, -0.05) is 37.3 Å². The van der Waals surface area contributed by atoms with Gasteiger partial charge in [-0.2, -0.15) is 0 Å². The molecule has 4 aliphatic heterocycles. The van der Waals surface area contributed by atoms with Gasteiger partial charge in [0.25, 0.3) is 0 Å². The highest BCUT2D eigenvalue weighted by Gasteiger charge is 2.58. The largest absolute Gasteiger partial charge is 0.326 e. The average Bonchev–Trinajstić information content (AvgIpc) is 2.64. The number of hydrogen-bond acceptors (Lipinski definition) is 3. The molecule has 1 aromatic rings. The number of benzene rings is 1. The molecule has 0 saturated carbocycles. The van der Waals surface area contributed by atoms with Gasteiger partial charge >= 0.3 is 0 Å². The van der Waals surface area contributed by atoms with Crippen LogP contribution in [0.25, 0.3) is 0 Å². The van der Waals surface area contributed by atoms with Gasteiger partial charge in [0.1, 0.15) is 0 Å². The molecule has 19 heavy (non-hydrogen) atoms. The standard InChI is InChI=1S/C16H23N3/c1-15-9-18-7-8-19(10-15)12-16(11-18,14(15)17)13-5-3-2-4-6-13/h2-6,14H,7-12,17H2,1H3. The summed E-state index contributed by atoms with van der Waals surface area (Å²) < 4.78 is 0. The molecule has 0 radical (unpaired) electrons. The number of rotatable bonds is 1. The maximum Gasteiger partial charge on any atom is 0.0364 e. The molecule has 0 spiro atoms. The second-order valence-electron chi connectivity index (χ2n) is 7.08. The van der Waals surface area contributed by atoms with E-state index in [9.17, 15) is 0 Å². The van der Waals surface area contributed by atoms with Crippen molar-refractivity contribution >= 4 is 0 Å². The lowest BCUT2D eigenvalue weighted by Crippen LogP contribution is -2.73. The Hall–Kier alpha value is -0.900. The molecule has 3 unspecified atom stereocenters. The van der Waals surface area contributed by atoms with Crippen molar-refractivity contribution < 1.29 is 0 Å². The summed E-state index contributed by atoms with van der Waals surface area (Å²) in [5.74, 6) is 0. The highest BCUT2D eigenvalue weighted by molar-refractivity contribution is 5.34. The molecule has 3 atom stereocenters. The fourth-order valence-corrected chi connectivity index (χ4v) is 4.82. The Labute approximate surface area is 115 Å². The minimum Gasteiger partial charge on any atom is -0.326 e. The first kappa shape index (κ1) is 11.9. The van der Waals surface area contributed by atoms with Crippen LogP contribution >= 0.6 is 0 Å². The van der Waals surface area contributed by atoms with E-state index in [0.29, 0.717) is 0 Å². The SMILES string of the molecule is CC12CN3CCN(C1)CC(c1ccccc1)(C3)C2N. The molecule has 0 amide bonds. The lowest BCUT2D eigenvalue weighted by molar-refractivity contribution is -0.0263. The Morgan fingerprint density at radius 1 is 1.00 bits per heavy atom. The van der Waals surface area contributed by atoms with E-state index < -0.39 is 0 Å². The highest BCUT2D eigenvalue weighted by Crippen LogP contribution is 2.47. The van der Waals surface area contributed by atoms with Crippen LogP contribution in [0, 0.1) is 5.41 Å². The quantitative estimate of drug-likeness (QED) is 0.811. The van der Waals surface area contributed by atoms with Crippen molar-refractivity contribution in [2.75, 3.05) is 39.3 Å². The van der Waals surface area contributed by atoms with E-state index >= 15 is 0 Å². The third kappa shape index (κ3) is 1.55. The van der Waals surface area contributed by atoms with Gasteiger partial charge in [-0.3, -0.25) is 0 Å². The van der Waals surface area contributed by atoms with Crippen LogP contribution in [0.3, 0.4) is 0 Å². The lowest BCUT2D eigenvalue weighted by Gasteiger charge is -2.59. The first-order valence-electron chi connectivity index (χ1n) is 7.38. The molecule has 1 aromatic carbocycles. The van der Waals surface area contributed by atoms with E-state index in [0.717, 1.165) is 13.1 Å². The van der Waals surface area contributed by atoms with Crippen molar-refractivity contribution in [3.8, 4) is 0 Å². The van der Waals surface area contributed by atoms with Crippen LogP contribution in [-0.4, -0.2) is 55.1 Å². The van der Waals surface area contributed by atoms with Crippen LogP contribution in [-0.2, 0) is 5.41 Å². The van der Waals surface area contributed by atoms with Crippen molar-refractivity contribution in [1.82, 2.24) is 9.80 Å². The molecule has 4 heterocycles. The van der Waals surface area contributed by atoms with Crippen LogP contribution < -0.4 is 5.73 Å². The first-order valence-corrected chi connectivity index (χ1v) is 7.38. The Kier molecular flexibility index (Phi) is 2.39. The maximum atomic E-state index is 6.78. The van der Waals surface area contributed by atoms with Gasteiger partial charge in [0.2, 0.25) is 0 Å². The van der Waals surface area contributed by atoms with Gasteiger partial charge in [-0.25, -0.2) is 0 Å². The number of nitrogens with zero attached hydrogens (tertiary/aromatic N) is 2. The molecule has 4 saturated heterocycles. The van der Waals surface area contributed by atoms with Crippen molar-refractivity contribution in [1.29, 1.82) is 0 Å². The average molecular weight is 257 g/mol. The van der Waals surface area contributed by atoms with E-state index in [-0.39, 0.29) is 16.9 Å². The van der Waals surface area contributed by atoms with Gasteiger partial charge in [0.15, 0.2) is 0 Å². The molecule has 102 valence electrons. The summed E-state index contributed by atoms with van der Waals surface area (Å²) in [6.45, 7) is 9.39. The van der Waals surface area contributed by atoms with Crippen molar-refractivity contribution in [2.24, 2.45) is 11.1 Å². The summed E-state index contributed by atoms with van der Waals surface area (Å²) in [5, 5.41) is 0. The van der Waals surface area contributed by atoms with E-state index in [1.165, 1.54) is 31.7 Å². The summed E-state index contributed by atoms with van der Waals surface area (Å²) in [6.07, 6.45) is 0. The molecule has 4 bridgehead atoms. The van der Waals surface area contributed by atoms with Gasteiger partial charge in [-0.15, -0.1) is 0 Å². The summed E-state index contributed by atoms with van der Waals surface area (Å²) in [6, 6.07) is 11.2. The molecule has 4 aliphatic rings. The molecular weight excluding hydrogens is 234 g/mol. The van der Waals surface area contributed by atoms with Gasteiger partial charge < -0.3 is 15.5 Å². The van der Waals surface area contributed by atoms with E-state index in [1.807, 2.05) is 0 Å². The zero-order valence-corrected chi connectivity index (χ0v) is 11.7. The van der Waals surface area contributed by atoms with Crippen molar-refractivity contribution in [3.63, 3.8) is 0 Å². The van der Waals surface area contributed by atoms with Crippen LogP contribution in [0.15, 0.2) is 30.3 Å². The second kappa shape index (κ2) is 3.81. The fourth-order valence-electron chi connectivity index (χ4n) is 4.82. The number of fused-ring (bicyclic) bond motifs is 1.